The lowest BCUT2D eigenvalue weighted by atomic mass is 10.1. The van der Waals surface area contributed by atoms with Crippen molar-refractivity contribution in [3.05, 3.63) is 112 Å². The molecule has 0 radical (unpaired) electrons. The number of piperazine rings is 1. The molecule has 2 fully saturated rings. The monoisotopic (exact) mass is 704 g/mol. The van der Waals surface area contributed by atoms with Crippen LogP contribution in [0.15, 0.2) is 90.2 Å². The third-order valence-electron chi connectivity index (χ3n) is 9.09. The average molecular weight is 706 g/mol. The number of rotatable bonds is 11. The minimum Gasteiger partial charge on any atom is -0.491 e. The van der Waals surface area contributed by atoms with Crippen molar-refractivity contribution in [1.82, 2.24) is 29.3 Å². The second-order valence-corrected chi connectivity index (χ2v) is 13.2. The van der Waals surface area contributed by atoms with Crippen molar-refractivity contribution in [2.24, 2.45) is 0 Å². The molecule has 5 aromatic rings. The van der Waals surface area contributed by atoms with Crippen LogP contribution in [0.3, 0.4) is 0 Å². The van der Waals surface area contributed by atoms with Gasteiger partial charge in [-0.15, -0.1) is 0 Å². The van der Waals surface area contributed by atoms with E-state index in [0.29, 0.717) is 28.8 Å². The molecule has 3 aromatic carbocycles. The van der Waals surface area contributed by atoms with Gasteiger partial charge in [0.05, 0.1) is 30.7 Å². The maximum Gasteiger partial charge on any atom is 0.350 e. The molecule has 49 heavy (non-hydrogen) atoms. The standard InChI is InChI=1S/C35H38Cl2N8O4/c1-3-25(2)45-34(46)43(24-40-45)31-6-4-29(5-7-31)41-14-16-42(17-15-41)30-8-10-32(11-9-30)47-21-33-22-48-35(49-33,23-44-38-12-13-39-44)26-18-27(36)20-28(37)19-26/h4-13,18-20,24-25,33H,3,14-17,21-23H2,1-2H3. The largest absolute Gasteiger partial charge is 0.491 e. The number of hydrogen-bond acceptors (Lipinski definition) is 9. The highest BCUT2D eigenvalue weighted by Gasteiger charge is 2.45. The third kappa shape index (κ3) is 7.18. The predicted molar refractivity (Wildman–Crippen MR) is 188 cm³/mol. The van der Waals surface area contributed by atoms with Crippen molar-refractivity contribution in [3.63, 3.8) is 0 Å². The number of hydrogen-bond donors (Lipinski definition) is 0. The molecule has 14 heteroatoms. The lowest BCUT2D eigenvalue weighted by Gasteiger charge is -2.37. The first-order chi connectivity index (χ1) is 23.8. The van der Waals surface area contributed by atoms with Gasteiger partial charge in [-0.25, -0.2) is 14.0 Å². The van der Waals surface area contributed by atoms with Gasteiger partial charge in [-0.3, -0.25) is 0 Å². The van der Waals surface area contributed by atoms with Crippen LogP contribution in [0.4, 0.5) is 11.4 Å². The Kier molecular flexibility index (Phi) is 9.64. The highest BCUT2D eigenvalue weighted by Crippen LogP contribution is 2.38. The first kappa shape index (κ1) is 33.2. The number of aromatic nitrogens is 6. The first-order valence-corrected chi connectivity index (χ1v) is 17.2. The molecule has 0 saturated carbocycles. The average Bonchev–Trinajstić information content (AvgIpc) is 3.88. The minimum atomic E-state index is -1.16. The molecule has 2 aliphatic heterocycles. The van der Waals surface area contributed by atoms with Crippen LogP contribution in [-0.4, -0.2) is 74.8 Å². The Morgan fingerprint density at radius 1 is 0.878 bits per heavy atom. The van der Waals surface area contributed by atoms with Crippen molar-refractivity contribution >= 4 is 34.6 Å². The molecule has 0 aliphatic carbocycles. The summed E-state index contributed by atoms with van der Waals surface area (Å²) >= 11 is 12.6. The summed E-state index contributed by atoms with van der Waals surface area (Å²) < 4.78 is 22.0. The molecule has 2 aromatic heterocycles. The van der Waals surface area contributed by atoms with Gasteiger partial charge >= 0.3 is 5.69 Å². The van der Waals surface area contributed by atoms with E-state index in [0.717, 1.165) is 55.4 Å². The number of nitrogens with zero attached hydrogens (tertiary/aromatic N) is 8. The van der Waals surface area contributed by atoms with E-state index < -0.39 is 5.79 Å². The van der Waals surface area contributed by atoms with E-state index in [4.69, 9.17) is 37.4 Å². The highest BCUT2D eigenvalue weighted by atomic mass is 35.5. The second kappa shape index (κ2) is 14.2. The van der Waals surface area contributed by atoms with Crippen molar-refractivity contribution in [2.75, 3.05) is 49.2 Å². The number of benzene rings is 3. The van der Waals surface area contributed by atoms with Crippen molar-refractivity contribution in [1.29, 1.82) is 0 Å². The fraction of sp³-hybridized carbons (Fsp3) is 0.371. The molecular formula is C35H38Cl2N8O4. The maximum atomic E-state index is 12.8. The van der Waals surface area contributed by atoms with Crippen LogP contribution in [0.5, 0.6) is 5.75 Å². The van der Waals surface area contributed by atoms with Crippen LogP contribution in [-0.2, 0) is 21.8 Å². The van der Waals surface area contributed by atoms with Crippen molar-refractivity contribution < 1.29 is 14.2 Å². The van der Waals surface area contributed by atoms with Crippen LogP contribution < -0.4 is 20.2 Å². The normalized spacial score (nSPS) is 20.1. The summed E-state index contributed by atoms with van der Waals surface area (Å²) in [6.45, 7) is 8.44. The third-order valence-corrected chi connectivity index (χ3v) is 9.53. The zero-order valence-corrected chi connectivity index (χ0v) is 28.9. The predicted octanol–water partition coefficient (Wildman–Crippen LogP) is 5.58. The van der Waals surface area contributed by atoms with E-state index in [2.05, 4.69) is 49.4 Å². The highest BCUT2D eigenvalue weighted by molar-refractivity contribution is 6.34. The van der Waals surface area contributed by atoms with E-state index in [1.165, 1.54) is 9.48 Å². The zero-order chi connectivity index (χ0) is 34.0. The Balaban J connectivity index is 0.925. The van der Waals surface area contributed by atoms with Gasteiger partial charge in [0.15, 0.2) is 0 Å². The van der Waals surface area contributed by atoms with E-state index in [9.17, 15) is 4.79 Å². The quantitative estimate of drug-likeness (QED) is 0.174. The lowest BCUT2D eigenvalue weighted by molar-refractivity contribution is -0.192. The fourth-order valence-electron chi connectivity index (χ4n) is 6.22. The summed E-state index contributed by atoms with van der Waals surface area (Å²) in [5, 5.41) is 13.7. The Hall–Kier alpha value is -4.36. The molecule has 7 rings (SSSR count). The SMILES string of the molecule is CCC(C)n1ncn(-c2ccc(N3CCN(c4ccc(OCC5COC(Cn6nccn6)(c6cc(Cl)cc(Cl)c6)O5)cc4)CC3)cc2)c1=O. The lowest BCUT2D eigenvalue weighted by Crippen LogP contribution is -2.46. The Morgan fingerprint density at radius 2 is 1.47 bits per heavy atom. The van der Waals surface area contributed by atoms with Gasteiger partial charge in [-0.1, -0.05) is 30.1 Å². The second-order valence-electron chi connectivity index (χ2n) is 12.3. The molecule has 0 N–H and O–H groups in total. The molecule has 0 amide bonds. The smallest absolute Gasteiger partial charge is 0.350 e. The molecule has 3 unspecified atom stereocenters. The Labute approximate surface area is 294 Å². The van der Waals surface area contributed by atoms with E-state index in [1.54, 1.807) is 41.5 Å². The molecule has 2 saturated heterocycles. The summed E-state index contributed by atoms with van der Waals surface area (Å²) in [6, 6.07) is 21.6. The summed E-state index contributed by atoms with van der Waals surface area (Å²) in [5.41, 5.74) is 3.66. The van der Waals surface area contributed by atoms with E-state index >= 15 is 0 Å². The molecule has 4 heterocycles. The van der Waals surface area contributed by atoms with Gasteiger partial charge in [0.2, 0.25) is 5.79 Å². The summed E-state index contributed by atoms with van der Waals surface area (Å²) in [6.07, 6.45) is 5.32. The van der Waals surface area contributed by atoms with E-state index in [1.807, 2.05) is 38.1 Å². The summed E-state index contributed by atoms with van der Waals surface area (Å²) in [4.78, 5) is 19.1. The van der Waals surface area contributed by atoms with Gasteiger partial charge in [-0.2, -0.15) is 20.1 Å². The number of anilines is 2. The summed E-state index contributed by atoms with van der Waals surface area (Å²) in [7, 11) is 0. The molecule has 0 spiro atoms. The maximum absolute atomic E-state index is 12.8. The topological polar surface area (TPSA) is 105 Å². The van der Waals surface area contributed by atoms with Crippen molar-refractivity contribution in [3.8, 4) is 11.4 Å². The van der Waals surface area contributed by atoms with Crippen LogP contribution in [0.2, 0.25) is 10.0 Å². The van der Waals surface area contributed by atoms with Gasteiger partial charge in [-0.05, 0) is 80.1 Å². The molecule has 256 valence electrons. The number of halogens is 2. The zero-order valence-electron chi connectivity index (χ0n) is 27.4. The van der Waals surface area contributed by atoms with Gasteiger partial charge < -0.3 is 24.0 Å². The van der Waals surface area contributed by atoms with Gasteiger partial charge in [0.25, 0.3) is 0 Å². The van der Waals surface area contributed by atoms with Gasteiger partial charge in [0, 0.05) is 53.2 Å². The molecule has 12 nitrogen and oxygen atoms in total. The van der Waals surface area contributed by atoms with Gasteiger partial charge in [0.1, 0.15) is 31.3 Å². The molecule has 0 bridgehead atoms. The molecule has 2 aliphatic rings. The molecule has 3 atom stereocenters. The van der Waals surface area contributed by atoms with Crippen LogP contribution in [0.25, 0.3) is 5.69 Å². The summed E-state index contributed by atoms with van der Waals surface area (Å²) in [5.74, 6) is -0.413. The Bertz CT molecular complexity index is 1890. The fourth-order valence-corrected chi connectivity index (χ4v) is 6.74. The first-order valence-electron chi connectivity index (χ1n) is 16.4. The van der Waals surface area contributed by atoms with Crippen LogP contribution >= 0.6 is 23.2 Å². The molecular weight excluding hydrogens is 667 g/mol. The number of ether oxygens (including phenoxy) is 3. The van der Waals surface area contributed by atoms with E-state index in [-0.39, 0.29) is 24.4 Å². The Morgan fingerprint density at radius 3 is 2.08 bits per heavy atom. The van der Waals surface area contributed by atoms with Crippen molar-refractivity contribution in [2.45, 2.75) is 44.7 Å². The van der Waals surface area contributed by atoms with Crippen LogP contribution in [0, 0.1) is 0 Å². The van der Waals surface area contributed by atoms with Crippen LogP contribution in [0.1, 0.15) is 31.9 Å². The minimum absolute atomic E-state index is 0.0644.